The second-order valence-electron chi connectivity index (χ2n) is 6.66. The van der Waals surface area contributed by atoms with Gasteiger partial charge in [-0.05, 0) is 50.6 Å². The molecule has 9 heteroatoms. The minimum atomic E-state index is -3.57. The Balaban J connectivity index is 1.93. The van der Waals surface area contributed by atoms with Gasteiger partial charge in [0.25, 0.3) is 5.91 Å². The van der Waals surface area contributed by atoms with E-state index in [-0.39, 0.29) is 10.5 Å². The highest BCUT2D eigenvalue weighted by molar-refractivity contribution is 7.89. The molecule has 158 valence electrons. The number of carbonyl (C=O) groups is 2. The van der Waals surface area contributed by atoms with E-state index in [1.165, 1.54) is 35.6 Å². The molecule has 0 aliphatic heterocycles. The van der Waals surface area contributed by atoms with Gasteiger partial charge in [0, 0.05) is 19.3 Å². The van der Waals surface area contributed by atoms with Crippen LogP contribution in [0.5, 0.6) is 0 Å². The number of sulfonamides is 1. The molecular formula is C20H26N2O6S. The summed E-state index contributed by atoms with van der Waals surface area (Å²) < 4.78 is 36.5. The number of hydrogen-bond acceptors (Lipinski definition) is 6. The van der Waals surface area contributed by atoms with Crippen molar-refractivity contribution in [2.75, 3.05) is 25.5 Å². The van der Waals surface area contributed by atoms with E-state index in [0.717, 1.165) is 12.8 Å². The Morgan fingerprint density at radius 1 is 1.17 bits per heavy atom. The lowest BCUT2D eigenvalue weighted by atomic mass is 10.2. The van der Waals surface area contributed by atoms with Crippen LogP contribution in [0, 0.1) is 13.8 Å². The summed E-state index contributed by atoms with van der Waals surface area (Å²) in [5, 5.41) is 2.56. The van der Waals surface area contributed by atoms with Gasteiger partial charge >= 0.3 is 5.97 Å². The molecule has 1 heterocycles. The Bertz CT molecular complexity index is 963. The Morgan fingerprint density at radius 2 is 1.83 bits per heavy atom. The summed E-state index contributed by atoms with van der Waals surface area (Å²) in [6, 6.07) is 7.38. The van der Waals surface area contributed by atoms with Crippen LogP contribution in [0.25, 0.3) is 0 Å². The quantitative estimate of drug-likeness (QED) is 0.623. The molecule has 0 unspecified atom stereocenters. The van der Waals surface area contributed by atoms with Gasteiger partial charge in [0.15, 0.2) is 6.61 Å². The maximum absolute atomic E-state index is 12.5. The monoisotopic (exact) mass is 422 g/mol. The van der Waals surface area contributed by atoms with Crippen LogP contribution in [-0.4, -0.2) is 44.8 Å². The van der Waals surface area contributed by atoms with Crippen molar-refractivity contribution in [1.82, 2.24) is 4.31 Å². The number of unbranched alkanes of at least 4 members (excludes halogenated alkanes) is 1. The van der Waals surface area contributed by atoms with Crippen LogP contribution in [0.2, 0.25) is 0 Å². The highest BCUT2D eigenvalue weighted by atomic mass is 32.2. The largest absolute Gasteiger partial charge is 0.466 e. The second-order valence-corrected chi connectivity index (χ2v) is 8.70. The molecule has 1 aromatic carbocycles. The summed E-state index contributed by atoms with van der Waals surface area (Å²) >= 11 is 0. The molecule has 0 saturated carbocycles. The lowest BCUT2D eigenvalue weighted by Gasteiger charge is -2.17. The van der Waals surface area contributed by atoms with Crippen molar-refractivity contribution < 1.29 is 27.2 Å². The van der Waals surface area contributed by atoms with Crippen molar-refractivity contribution in [3.8, 4) is 0 Å². The number of benzene rings is 1. The fraction of sp³-hybridized carbons (Fsp3) is 0.400. The van der Waals surface area contributed by atoms with E-state index in [2.05, 4.69) is 5.32 Å². The van der Waals surface area contributed by atoms with Crippen molar-refractivity contribution in [1.29, 1.82) is 0 Å². The SMILES string of the molecule is CCCCN(C)S(=O)(=O)c1ccc(NC(=O)COC(=O)c2cc(C)oc2C)cc1. The topological polar surface area (TPSA) is 106 Å². The number of hydrogen-bond donors (Lipinski definition) is 1. The van der Waals surface area contributed by atoms with E-state index < -0.39 is 28.5 Å². The number of nitrogens with zero attached hydrogens (tertiary/aromatic N) is 1. The summed E-state index contributed by atoms with van der Waals surface area (Å²) in [7, 11) is -2.03. The fourth-order valence-electron chi connectivity index (χ4n) is 2.63. The lowest BCUT2D eigenvalue weighted by molar-refractivity contribution is -0.119. The molecule has 0 spiro atoms. The average molecular weight is 423 g/mol. The van der Waals surface area contributed by atoms with Gasteiger partial charge in [-0.1, -0.05) is 13.3 Å². The number of carbonyl (C=O) groups excluding carboxylic acids is 2. The third-order valence-electron chi connectivity index (χ3n) is 4.27. The standard InChI is InChI=1S/C20H26N2O6S/c1-5-6-11-22(4)29(25,26)17-9-7-16(8-10-17)21-19(23)13-27-20(24)18-12-14(2)28-15(18)3/h7-10,12H,5-6,11,13H2,1-4H3,(H,21,23). The van der Waals surface area contributed by atoms with Crippen LogP contribution in [0.4, 0.5) is 5.69 Å². The number of ether oxygens (including phenoxy) is 1. The van der Waals surface area contributed by atoms with Gasteiger partial charge in [-0.15, -0.1) is 0 Å². The normalized spacial score (nSPS) is 11.5. The second kappa shape index (κ2) is 9.71. The smallest absolute Gasteiger partial charge is 0.342 e. The molecule has 29 heavy (non-hydrogen) atoms. The molecule has 0 saturated heterocycles. The number of anilines is 1. The zero-order valence-corrected chi connectivity index (χ0v) is 17.8. The van der Waals surface area contributed by atoms with Crippen LogP contribution >= 0.6 is 0 Å². The number of rotatable bonds is 9. The van der Waals surface area contributed by atoms with Crippen LogP contribution in [-0.2, 0) is 19.6 Å². The van der Waals surface area contributed by atoms with Gasteiger partial charge in [-0.3, -0.25) is 4.79 Å². The minimum absolute atomic E-state index is 0.145. The number of furan rings is 1. The van der Waals surface area contributed by atoms with Gasteiger partial charge in [0.05, 0.1) is 4.90 Å². The third kappa shape index (κ3) is 5.91. The summed E-state index contributed by atoms with van der Waals surface area (Å²) in [6.07, 6.45) is 1.68. The highest BCUT2D eigenvalue weighted by Gasteiger charge is 2.20. The van der Waals surface area contributed by atoms with Crippen molar-refractivity contribution in [3.63, 3.8) is 0 Å². The van der Waals surface area contributed by atoms with Gasteiger partial charge in [-0.2, -0.15) is 0 Å². The Kier molecular flexibility index (Phi) is 7.58. The van der Waals surface area contributed by atoms with Crippen LogP contribution in [0.1, 0.15) is 41.6 Å². The molecule has 0 aliphatic rings. The van der Waals surface area contributed by atoms with E-state index in [4.69, 9.17) is 9.15 Å². The summed E-state index contributed by atoms with van der Waals surface area (Å²) in [4.78, 5) is 24.1. The number of nitrogens with one attached hydrogen (secondary N) is 1. The van der Waals surface area contributed by atoms with E-state index in [1.54, 1.807) is 19.9 Å². The maximum Gasteiger partial charge on any atom is 0.342 e. The van der Waals surface area contributed by atoms with Crippen molar-refractivity contribution in [2.45, 2.75) is 38.5 Å². The first-order chi connectivity index (χ1) is 13.6. The molecule has 1 N–H and O–H groups in total. The molecule has 8 nitrogen and oxygen atoms in total. The van der Waals surface area contributed by atoms with E-state index >= 15 is 0 Å². The number of esters is 1. The van der Waals surface area contributed by atoms with Crippen molar-refractivity contribution in [2.24, 2.45) is 0 Å². The van der Waals surface area contributed by atoms with Gasteiger partial charge in [0.2, 0.25) is 10.0 Å². The Hall–Kier alpha value is -2.65. The van der Waals surface area contributed by atoms with Crippen LogP contribution in [0.15, 0.2) is 39.6 Å². The molecule has 0 fully saturated rings. The lowest BCUT2D eigenvalue weighted by Crippen LogP contribution is -2.28. The van der Waals surface area contributed by atoms with Crippen LogP contribution < -0.4 is 5.32 Å². The number of aryl methyl sites for hydroxylation is 2. The first kappa shape index (κ1) is 22.6. The predicted molar refractivity (Wildman–Crippen MR) is 108 cm³/mol. The molecule has 1 aromatic heterocycles. The first-order valence-corrected chi connectivity index (χ1v) is 10.7. The van der Waals surface area contributed by atoms with Crippen LogP contribution in [0.3, 0.4) is 0 Å². The molecule has 0 bridgehead atoms. The zero-order chi connectivity index (χ0) is 21.6. The number of amides is 1. The molecule has 0 aliphatic carbocycles. The summed E-state index contributed by atoms with van der Waals surface area (Å²) in [5.41, 5.74) is 0.675. The minimum Gasteiger partial charge on any atom is -0.466 e. The molecule has 1 amide bonds. The van der Waals surface area contributed by atoms with E-state index in [0.29, 0.717) is 23.8 Å². The van der Waals surface area contributed by atoms with E-state index in [9.17, 15) is 18.0 Å². The maximum atomic E-state index is 12.5. The van der Waals surface area contributed by atoms with Gasteiger partial charge in [0.1, 0.15) is 17.1 Å². The predicted octanol–water partition coefficient (Wildman–Crippen LogP) is 3.11. The molecule has 2 rings (SSSR count). The Labute approximate surface area is 170 Å². The van der Waals surface area contributed by atoms with Gasteiger partial charge < -0.3 is 14.5 Å². The average Bonchev–Trinajstić information content (AvgIpc) is 3.02. The molecule has 0 atom stereocenters. The highest BCUT2D eigenvalue weighted by Crippen LogP contribution is 2.18. The molecular weight excluding hydrogens is 396 g/mol. The summed E-state index contributed by atoms with van der Waals surface area (Å²) in [5.74, 6) is -0.180. The third-order valence-corrected chi connectivity index (χ3v) is 6.14. The van der Waals surface area contributed by atoms with Gasteiger partial charge in [-0.25, -0.2) is 17.5 Å². The molecule has 2 aromatic rings. The Morgan fingerprint density at radius 3 is 2.38 bits per heavy atom. The molecule has 0 radical (unpaired) electrons. The fourth-order valence-corrected chi connectivity index (χ4v) is 3.84. The van der Waals surface area contributed by atoms with E-state index in [1.807, 2.05) is 6.92 Å². The first-order valence-electron chi connectivity index (χ1n) is 9.25. The van der Waals surface area contributed by atoms with Crippen molar-refractivity contribution >= 4 is 27.6 Å². The zero-order valence-electron chi connectivity index (χ0n) is 17.0. The van der Waals surface area contributed by atoms with Crippen molar-refractivity contribution in [3.05, 3.63) is 47.4 Å². The summed E-state index contributed by atoms with van der Waals surface area (Å²) in [6.45, 7) is 5.31.